The first-order valence-corrected chi connectivity index (χ1v) is 9.82. The van der Waals surface area contributed by atoms with Crippen molar-refractivity contribution in [1.82, 2.24) is 34.8 Å². The van der Waals surface area contributed by atoms with Gasteiger partial charge in [-0.3, -0.25) is 0 Å². The average Bonchev–Trinajstić information content (AvgIpc) is 3.43. The Morgan fingerprint density at radius 2 is 1.79 bits per heavy atom. The van der Waals surface area contributed by atoms with Gasteiger partial charge in [-0.2, -0.15) is 9.61 Å². The zero-order chi connectivity index (χ0) is 20.0. The molecule has 2 aromatic carbocycles. The van der Waals surface area contributed by atoms with Crippen LogP contribution in [0.3, 0.4) is 0 Å². The summed E-state index contributed by atoms with van der Waals surface area (Å²) in [6.07, 6.45) is 0. The Bertz CT molecular complexity index is 1320. The lowest BCUT2D eigenvalue weighted by Crippen LogP contribution is -1.99. The van der Waals surface area contributed by atoms with Crippen molar-refractivity contribution in [2.45, 2.75) is 13.8 Å². The van der Waals surface area contributed by atoms with Crippen molar-refractivity contribution >= 4 is 16.3 Å². The molecule has 0 spiro atoms. The third kappa shape index (κ3) is 2.95. The van der Waals surface area contributed by atoms with Crippen LogP contribution in [0.4, 0.5) is 0 Å². The van der Waals surface area contributed by atoms with Crippen molar-refractivity contribution in [1.29, 1.82) is 0 Å². The SMILES string of the molecule is COc1cccc(-c2nn3c(-c4nnn(-c5ccc(C)cc5)c4C)nnc3s2)c1. The third-order valence-corrected chi connectivity index (χ3v) is 5.64. The molecule has 0 fully saturated rings. The molecule has 9 heteroatoms. The van der Waals surface area contributed by atoms with Crippen molar-refractivity contribution in [2.24, 2.45) is 0 Å². The fourth-order valence-corrected chi connectivity index (χ4v) is 3.94. The molecule has 8 nitrogen and oxygen atoms in total. The summed E-state index contributed by atoms with van der Waals surface area (Å²) in [4.78, 5) is 0.696. The van der Waals surface area contributed by atoms with Crippen LogP contribution in [0.1, 0.15) is 11.3 Å². The van der Waals surface area contributed by atoms with Crippen LogP contribution in [0.5, 0.6) is 5.75 Å². The summed E-state index contributed by atoms with van der Waals surface area (Å²) in [6, 6.07) is 15.9. The zero-order valence-electron chi connectivity index (χ0n) is 16.1. The normalized spacial score (nSPS) is 11.3. The average molecular weight is 403 g/mol. The molecule has 5 rings (SSSR count). The minimum atomic E-state index is 0.571. The lowest BCUT2D eigenvalue weighted by Gasteiger charge is -2.03. The molecule has 5 aromatic rings. The minimum Gasteiger partial charge on any atom is -0.497 e. The van der Waals surface area contributed by atoms with Crippen LogP contribution >= 0.6 is 11.3 Å². The topological polar surface area (TPSA) is 83.0 Å². The number of aromatic nitrogens is 7. The molecule has 3 heterocycles. The van der Waals surface area contributed by atoms with Crippen LogP contribution < -0.4 is 4.74 Å². The first kappa shape index (κ1) is 17.5. The fraction of sp³-hybridized carbons (Fsp3) is 0.150. The molecule has 3 aromatic heterocycles. The van der Waals surface area contributed by atoms with Gasteiger partial charge in [-0.25, -0.2) is 4.68 Å². The maximum absolute atomic E-state index is 5.31. The molecule has 144 valence electrons. The van der Waals surface area contributed by atoms with Gasteiger partial charge in [0.05, 0.1) is 18.5 Å². The molecule has 0 unspecified atom stereocenters. The molecule has 0 amide bonds. The highest BCUT2D eigenvalue weighted by Gasteiger charge is 2.20. The molecule has 0 saturated carbocycles. The summed E-state index contributed by atoms with van der Waals surface area (Å²) >= 11 is 1.46. The van der Waals surface area contributed by atoms with Crippen LogP contribution in [-0.4, -0.2) is 41.9 Å². The molecular weight excluding hydrogens is 386 g/mol. The minimum absolute atomic E-state index is 0.571. The van der Waals surface area contributed by atoms with Gasteiger partial charge in [0.1, 0.15) is 10.8 Å². The number of methoxy groups -OCH3 is 1. The molecule has 0 N–H and O–H groups in total. The highest BCUT2D eigenvalue weighted by Crippen LogP contribution is 2.30. The number of aryl methyl sites for hydroxylation is 1. The second-order valence-corrected chi connectivity index (χ2v) is 7.58. The Balaban J connectivity index is 1.58. The monoisotopic (exact) mass is 403 g/mol. The maximum atomic E-state index is 5.31. The van der Waals surface area contributed by atoms with Gasteiger partial charge in [0.25, 0.3) is 0 Å². The summed E-state index contributed by atoms with van der Waals surface area (Å²) in [5.74, 6) is 1.35. The van der Waals surface area contributed by atoms with Gasteiger partial charge in [-0.1, -0.05) is 46.4 Å². The van der Waals surface area contributed by atoms with Crippen molar-refractivity contribution < 1.29 is 4.74 Å². The third-order valence-electron chi connectivity index (χ3n) is 4.69. The van der Waals surface area contributed by atoms with Gasteiger partial charge in [-0.15, -0.1) is 15.3 Å². The van der Waals surface area contributed by atoms with E-state index < -0.39 is 0 Å². The highest BCUT2D eigenvalue weighted by atomic mass is 32.1. The maximum Gasteiger partial charge on any atom is 0.235 e. The summed E-state index contributed by atoms with van der Waals surface area (Å²) in [5, 5.41) is 22.8. The zero-order valence-corrected chi connectivity index (χ0v) is 16.9. The molecule has 0 bridgehead atoms. The second kappa shape index (κ2) is 6.78. The molecule has 0 aliphatic heterocycles. The number of hydrogen-bond acceptors (Lipinski definition) is 7. The van der Waals surface area contributed by atoms with Crippen LogP contribution in [-0.2, 0) is 0 Å². The van der Waals surface area contributed by atoms with E-state index in [9.17, 15) is 0 Å². The highest BCUT2D eigenvalue weighted by molar-refractivity contribution is 7.19. The number of rotatable bonds is 4. The molecule has 0 radical (unpaired) electrons. The van der Waals surface area contributed by atoms with E-state index in [-0.39, 0.29) is 0 Å². The fourth-order valence-electron chi connectivity index (χ4n) is 3.10. The van der Waals surface area contributed by atoms with Gasteiger partial charge in [-0.05, 0) is 38.1 Å². The van der Waals surface area contributed by atoms with Crippen LogP contribution in [0.15, 0.2) is 48.5 Å². The largest absolute Gasteiger partial charge is 0.497 e. The summed E-state index contributed by atoms with van der Waals surface area (Å²) < 4.78 is 8.83. The molecular formula is C20H17N7OS. The Labute approximate surface area is 170 Å². The van der Waals surface area contributed by atoms with E-state index in [1.807, 2.05) is 55.5 Å². The molecule has 0 aliphatic carbocycles. The number of ether oxygens (including phenoxy) is 1. The lowest BCUT2D eigenvalue weighted by atomic mass is 10.2. The number of fused-ring (bicyclic) bond motifs is 1. The Kier molecular flexibility index (Phi) is 4.09. The van der Waals surface area contributed by atoms with E-state index in [0.29, 0.717) is 16.5 Å². The predicted molar refractivity (Wildman–Crippen MR) is 110 cm³/mol. The van der Waals surface area contributed by atoms with Crippen LogP contribution in [0.2, 0.25) is 0 Å². The quantitative estimate of drug-likeness (QED) is 0.455. The van der Waals surface area contributed by atoms with Crippen molar-refractivity contribution in [3.05, 3.63) is 59.8 Å². The van der Waals surface area contributed by atoms with Crippen molar-refractivity contribution in [3.63, 3.8) is 0 Å². The Hall–Kier alpha value is -3.59. The van der Waals surface area contributed by atoms with Gasteiger partial charge >= 0.3 is 0 Å². The van der Waals surface area contributed by atoms with E-state index in [2.05, 4.69) is 27.4 Å². The first-order chi connectivity index (χ1) is 14.1. The predicted octanol–water partition coefficient (Wildman–Crippen LogP) is 3.73. The summed E-state index contributed by atoms with van der Waals surface area (Å²) in [5.41, 5.74) is 4.63. The molecule has 0 saturated heterocycles. The lowest BCUT2D eigenvalue weighted by molar-refractivity contribution is 0.415. The van der Waals surface area contributed by atoms with E-state index >= 15 is 0 Å². The number of nitrogens with zero attached hydrogens (tertiary/aromatic N) is 7. The Morgan fingerprint density at radius 3 is 2.59 bits per heavy atom. The number of hydrogen-bond donors (Lipinski definition) is 0. The van der Waals surface area contributed by atoms with E-state index in [4.69, 9.17) is 9.84 Å². The van der Waals surface area contributed by atoms with E-state index in [1.165, 1.54) is 16.9 Å². The first-order valence-electron chi connectivity index (χ1n) is 9.00. The van der Waals surface area contributed by atoms with Gasteiger partial charge in [0, 0.05) is 5.56 Å². The van der Waals surface area contributed by atoms with E-state index in [1.54, 1.807) is 16.3 Å². The van der Waals surface area contributed by atoms with Gasteiger partial charge in [0.15, 0.2) is 5.69 Å². The van der Waals surface area contributed by atoms with Crippen molar-refractivity contribution in [3.8, 4) is 33.5 Å². The van der Waals surface area contributed by atoms with Crippen molar-refractivity contribution in [2.75, 3.05) is 7.11 Å². The smallest absolute Gasteiger partial charge is 0.235 e. The van der Waals surface area contributed by atoms with Gasteiger partial charge < -0.3 is 4.74 Å². The summed E-state index contributed by atoms with van der Waals surface area (Å²) in [7, 11) is 1.65. The molecule has 0 atom stereocenters. The summed E-state index contributed by atoms with van der Waals surface area (Å²) in [6.45, 7) is 4.02. The standard InChI is InChI=1S/C20H17N7OS/c1-12-7-9-15(10-8-12)26-13(2)17(21-25-26)18-22-23-20-27(18)24-19(29-20)14-5-4-6-16(11-14)28-3/h4-11H,1-3H3. The second-order valence-electron chi connectivity index (χ2n) is 6.63. The Morgan fingerprint density at radius 1 is 0.966 bits per heavy atom. The van der Waals surface area contributed by atoms with Gasteiger partial charge in [0.2, 0.25) is 10.8 Å². The van der Waals surface area contributed by atoms with E-state index in [0.717, 1.165) is 27.7 Å². The van der Waals surface area contributed by atoms with Crippen LogP contribution in [0, 0.1) is 13.8 Å². The molecule has 0 aliphatic rings. The van der Waals surface area contributed by atoms with Crippen LogP contribution in [0.25, 0.3) is 32.7 Å². The molecule has 29 heavy (non-hydrogen) atoms. The number of benzene rings is 2.